The second-order valence-corrected chi connectivity index (χ2v) is 8.18. The van der Waals surface area contributed by atoms with Crippen LogP contribution in [0.15, 0.2) is 5.16 Å². The normalized spacial score (nSPS) is 19.2. The molecule has 2 aromatic heterocycles. The van der Waals surface area contributed by atoms with Gasteiger partial charge in [-0.3, -0.25) is 0 Å². The van der Waals surface area contributed by atoms with Crippen molar-refractivity contribution < 1.29 is 0 Å². The third-order valence-corrected chi connectivity index (χ3v) is 6.60. The monoisotopic (exact) mass is 333 g/mol. The number of thiophene rings is 1. The molecule has 3 heterocycles. The molecule has 0 saturated carbocycles. The van der Waals surface area contributed by atoms with Gasteiger partial charge >= 0.3 is 0 Å². The molecule has 0 atom stereocenters. The zero-order valence-electron chi connectivity index (χ0n) is 13.2. The van der Waals surface area contributed by atoms with Crippen molar-refractivity contribution in [1.82, 2.24) is 9.97 Å². The number of aryl methyl sites for hydroxylation is 2. The first-order valence-electron chi connectivity index (χ1n) is 8.48. The molecule has 0 N–H and O–H groups in total. The van der Waals surface area contributed by atoms with Gasteiger partial charge in [-0.25, -0.2) is 9.97 Å². The lowest BCUT2D eigenvalue weighted by Crippen LogP contribution is -2.25. The number of rotatable bonds is 2. The second kappa shape index (κ2) is 6.36. The van der Waals surface area contributed by atoms with Gasteiger partial charge in [0.25, 0.3) is 0 Å². The fraction of sp³-hybridized carbons (Fsp3) is 0.647. The molecular weight excluding hydrogens is 310 g/mol. The molecule has 0 unspecified atom stereocenters. The number of hydrogen-bond donors (Lipinski definition) is 0. The quantitative estimate of drug-likeness (QED) is 0.590. The van der Waals surface area contributed by atoms with Crippen molar-refractivity contribution in [3.05, 3.63) is 10.4 Å². The van der Waals surface area contributed by atoms with Crippen LogP contribution < -0.4 is 4.90 Å². The first-order valence-corrected chi connectivity index (χ1v) is 10.5. The maximum absolute atomic E-state index is 4.95. The van der Waals surface area contributed by atoms with E-state index in [1.54, 1.807) is 22.2 Å². The molecule has 118 valence electrons. The van der Waals surface area contributed by atoms with Crippen molar-refractivity contribution in [2.24, 2.45) is 0 Å². The molecule has 0 radical (unpaired) electrons. The van der Waals surface area contributed by atoms with E-state index in [2.05, 4.69) is 11.2 Å². The number of thioether (sulfide) groups is 1. The van der Waals surface area contributed by atoms with Gasteiger partial charge in [0.05, 0.1) is 5.39 Å². The largest absolute Gasteiger partial charge is 0.356 e. The average molecular weight is 334 g/mol. The van der Waals surface area contributed by atoms with Crippen molar-refractivity contribution in [1.29, 1.82) is 0 Å². The van der Waals surface area contributed by atoms with E-state index in [0.29, 0.717) is 0 Å². The van der Waals surface area contributed by atoms with E-state index in [1.165, 1.54) is 67.4 Å². The Labute approximate surface area is 140 Å². The minimum atomic E-state index is 0.936. The zero-order chi connectivity index (χ0) is 14.9. The third kappa shape index (κ3) is 2.62. The maximum atomic E-state index is 4.95. The minimum absolute atomic E-state index is 0.936. The van der Waals surface area contributed by atoms with Gasteiger partial charge in [0, 0.05) is 18.0 Å². The van der Waals surface area contributed by atoms with Crippen LogP contribution in [0.25, 0.3) is 10.2 Å². The van der Waals surface area contributed by atoms with Gasteiger partial charge in [-0.1, -0.05) is 24.6 Å². The smallest absolute Gasteiger partial charge is 0.190 e. The van der Waals surface area contributed by atoms with Crippen LogP contribution in [-0.4, -0.2) is 29.3 Å². The number of nitrogens with zero attached hydrogens (tertiary/aromatic N) is 3. The van der Waals surface area contributed by atoms with Gasteiger partial charge in [-0.15, -0.1) is 11.3 Å². The summed E-state index contributed by atoms with van der Waals surface area (Å²) in [5.74, 6) is 1.23. The fourth-order valence-corrected chi connectivity index (χ4v) is 5.40. The Bertz CT molecular complexity index is 672. The lowest BCUT2D eigenvalue weighted by Gasteiger charge is -2.23. The van der Waals surface area contributed by atoms with Crippen LogP contribution in [0.2, 0.25) is 0 Å². The van der Waals surface area contributed by atoms with E-state index < -0.39 is 0 Å². The fourth-order valence-electron chi connectivity index (χ4n) is 3.72. The van der Waals surface area contributed by atoms with E-state index in [1.807, 2.05) is 11.3 Å². The topological polar surface area (TPSA) is 29.0 Å². The van der Waals surface area contributed by atoms with Gasteiger partial charge in [-0.05, 0) is 50.3 Å². The van der Waals surface area contributed by atoms with E-state index in [4.69, 9.17) is 9.97 Å². The van der Waals surface area contributed by atoms with E-state index in [-0.39, 0.29) is 0 Å². The van der Waals surface area contributed by atoms with E-state index >= 15 is 0 Å². The van der Waals surface area contributed by atoms with Crippen molar-refractivity contribution in [2.45, 2.75) is 56.5 Å². The summed E-state index contributed by atoms with van der Waals surface area (Å²) in [5.41, 5.74) is 1.57. The van der Waals surface area contributed by atoms with Crippen molar-refractivity contribution in [3.8, 4) is 0 Å². The van der Waals surface area contributed by atoms with Gasteiger partial charge in [0.2, 0.25) is 0 Å². The number of aromatic nitrogens is 2. The molecule has 22 heavy (non-hydrogen) atoms. The number of hydrogen-bond acceptors (Lipinski definition) is 5. The highest BCUT2D eigenvalue weighted by Crippen LogP contribution is 2.40. The number of anilines is 1. The predicted molar refractivity (Wildman–Crippen MR) is 96.5 cm³/mol. The first kappa shape index (κ1) is 14.8. The zero-order valence-corrected chi connectivity index (χ0v) is 14.9. The van der Waals surface area contributed by atoms with Crippen LogP contribution in [0.4, 0.5) is 5.82 Å². The lowest BCUT2D eigenvalue weighted by atomic mass is 9.97. The molecule has 5 heteroatoms. The Hall–Kier alpha value is -0.810. The molecule has 2 aromatic rings. The van der Waals surface area contributed by atoms with Crippen LogP contribution >= 0.6 is 23.1 Å². The Morgan fingerprint density at radius 3 is 2.50 bits per heavy atom. The third-order valence-electron chi connectivity index (χ3n) is 4.86. The second-order valence-electron chi connectivity index (χ2n) is 6.33. The highest BCUT2D eigenvalue weighted by atomic mass is 32.2. The highest BCUT2D eigenvalue weighted by molar-refractivity contribution is 7.98. The molecule has 1 aliphatic heterocycles. The molecule has 3 nitrogen and oxygen atoms in total. The molecule has 2 aliphatic rings. The summed E-state index contributed by atoms with van der Waals surface area (Å²) in [6.07, 6.45) is 12.5. The van der Waals surface area contributed by atoms with Gasteiger partial charge in [0.1, 0.15) is 10.6 Å². The molecule has 1 aliphatic carbocycles. The van der Waals surface area contributed by atoms with Gasteiger partial charge in [0.15, 0.2) is 5.16 Å². The van der Waals surface area contributed by atoms with Crippen molar-refractivity contribution in [2.75, 3.05) is 24.2 Å². The predicted octanol–water partition coefficient (Wildman–Crippen LogP) is 4.67. The molecule has 0 bridgehead atoms. The van der Waals surface area contributed by atoms with Crippen LogP contribution in [0.3, 0.4) is 0 Å². The molecule has 0 aromatic carbocycles. The Balaban J connectivity index is 1.88. The lowest BCUT2D eigenvalue weighted by molar-refractivity contribution is 0.699. The van der Waals surface area contributed by atoms with Gasteiger partial charge in [-0.2, -0.15) is 0 Å². The summed E-state index contributed by atoms with van der Waals surface area (Å²) in [6, 6.07) is 0. The van der Waals surface area contributed by atoms with E-state index in [0.717, 1.165) is 18.2 Å². The minimum Gasteiger partial charge on any atom is -0.356 e. The molecule has 0 amide bonds. The summed E-state index contributed by atoms with van der Waals surface area (Å²) < 4.78 is 0. The first-order chi connectivity index (χ1) is 10.9. The summed E-state index contributed by atoms with van der Waals surface area (Å²) in [7, 11) is 0. The van der Waals surface area contributed by atoms with Crippen LogP contribution in [0.5, 0.6) is 0 Å². The SMILES string of the molecule is CSc1nc(N2CCCCCC2)c2c3c(sc2n1)CCCC3. The van der Waals surface area contributed by atoms with Crippen molar-refractivity contribution >= 4 is 39.1 Å². The highest BCUT2D eigenvalue weighted by Gasteiger charge is 2.24. The Morgan fingerprint density at radius 1 is 0.955 bits per heavy atom. The summed E-state index contributed by atoms with van der Waals surface area (Å²) >= 11 is 3.59. The Kier molecular flexibility index (Phi) is 4.27. The standard InChI is InChI=1S/C17H23N3S2/c1-21-17-18-15(20-10-6-2-3-7-11-20)14-12-8-4-5-9-13(12)22-16(14)19-17/h2-11H2,1H3. The molecule has 0 spiro atoms. The molecule has 1 fully saturated rings. The van der Waals surface area contributed by atoms with Crippen molar-refractivity contribution in [3.63, 3.8) is 0 Å². The van der Waals surface area contributed by atoms with Crippen LogP contribution in [0, 0.1) is 0 Å². The van der Waals surface area contributed by atoms with E-state index in [9.17, 15) is 0 Å². The van der Waals surface area contributed by atoms with Gasteiger partial charge < -0.3 is 4.90 Å². The molecule has 1 saturated heterocycles. The molecule has 4 rings (SSSR count). The number of fused-ring (bicyclic) bond motifs is 3. The summed E-state index contributed by atoms with van der Waals surface area (Å²) in [5, 5.41) is 2.32. The summed E-state index contributed by atoms with van der Waals surface area (Å²) in [4.78, 5) is 15.1. The maximum Gasteiger partial charge on any atom is 0.190 e. The summed E-state index contributed by atoms with van der Waals surface area (Å²) in [6.45, 7) is 2.31. The Morgan fingerprint density at radius 2 is 1.73 bits per heavy atom. The average Bonchev–Trinajstić information content (AvgIpc) is 2.73. The van der Waals surface area contributed by atoms with Crippen LogP contribution in [0.1, 0.15) is 49.0 Å². The molecular formula is C17H23N3S2. The van der Waals surface area contributed by atoms with Crippen LogP contribution in [-0.2, 0) is 12.8 Å².